The lowest BCUT2D eigenvalue weighted by Gasteiger charge is -2.25. The predicted octanol–water partition coefficient (Wildman–Crippen LogP) is 2.27. The van der Waals surface area contributed by atoms with Gasteiger partial charge in [-0.3, -0.25) is 4.79 Å². The lowest BCUT2D eigenvalue weighted by Crippen LogP contribution is -2.35. The molecule has 0 rings (SSSR count). The highest BCUT2D eigenvalue weighted by Crippen LogP contribution is 2.22. The number of carboxylic acids is 1. The Balaban J connectivity index is 4.03. The molecule has 0 spiro atoms. The van der Waals surface area contributed by atoms with Crippen LogP contribution in [0.4, 0.5) is 0 Å². The van der Waals surface area contributed by atoms with Gasteiger partial charge in [0.25, 0.3) is 0 Å². The second-order valence-corrected chi connectivity index (χ2v) is 5.01. The van der Waals surface area contributed by atoms with E-state index in [-0.39, 0.29) is 17.9 Å². The van der Waals surface area contributed by atoms with Crippen molar-refractivity contribution in [3.05, 3.63) is 0 Å². The Bertz CT molecular complexity index is 173. The first-order valence-electron chi connectivity index (χ1n) is 5.30. The summed E-state index contributed by atoms with van der Waals surface area (Å²) in [5.41, 5.74) is 0.181. The number of carbonyl (C=O) groups is 1. The average molecular weight is 201 g/mol. The molecule has 3 nitrogen and oxygen atoms in total. The Morgan fingerprint density at radius 3 is 2.36 bits per heavy atom. The zero-order chi connectivity index (χ0) is 11.2. The number of carboxylic acid groups (broad SMARTS) is 1. The largest absolute Gasteiger partial charge is 0.481 e. The van der Waals surface area contributed by atoms with Gasteiger partial charge in [-0.05, 0) is 24.8 Å². The first-order valence-corrected chi connectivity index (χ1v) is 5.30. The molecule has 0 saturated carbocycles. The molecule has 0 aliphatic carbocycles. The van der Waals surface area contributed by atoms with Gasteiger partial charge in [0.15, 0.2) is 0 Å². The van der Waals surface area contributed by atoms with Crippen LogP contribution in [0.2, 0.25) is 0 Å². The molecule has 14 heavy (non-hydrogen) atoms. The Labute approximate surface area is 86.9 Å². The molecule has 0 heterocycles. The molecule has 0 aromatic heterocycles. The van der Waals surface area contributed by atoms with Gasteiger partial charge in [0, 0.05) is 6.04 Å². The molecule has 0 aromatic carbocycles. The number of nitrogens with one attached hydrogen (secondary N) is 1. The fourth-order valence-corrected chi connectivity index (χ4v) is 1.51. The second kappa shape index (κ2) is 6.02. The smallest absolute Gasteiger partial charge is 0.304 e. The maximum atomic E-state index is 10.6. The molecule has 2 N–H and O–H groups in total. The molecule has 1 unspecified atom stereocenters. The van der Waals surface area contributed by atoms with Crippen LogP contribution in [0.25, 0.3) is 0 Å². The van der Waals surface area contributed by atoms with Gasteiger partial charge in [-0.15, -0.1) is 0 Å². The van der Waals surface area contributed by atoms with Crippen LogP contribution in [0.1, 0.15) is 47.0 Å². The highest BCUT2D eigenvalue weighted by Gasteiger charge is 2.20. The van der Waals surface area contributed by atoms with Crippen molar-refractivity contribution in [3.63, 3.8) is 0 Å². The zero-order valence-electron chi connectivity index (χ0n) is 9.76. The quantitative estimate of drug-likeness (QED) is 0.693. The predicted molar refractivity (Wildman–Crippen MR) is 58.4 cm³/mol. The molecule has 84 valence electrons. The molecule has 0 amide bonds. The zero-order valence-corrected chi connectivity index (χ0v) is 9.76. The summed E-state index contributed by atoms with van der Waals surface area (Å²) >= 11 is 0. The normalized spacial score (nSPS) is 14.0. The minimum atomic E-state index is -0.720. The van der Waals surface area contributed by atoms with Gasteiger partial charge in [0.1, 0.15) is 0 Å². The second-order valence-electron chi connectivity index (χ2n) is 5.01. The Kier molecular flexibility index (Phi) is 5.77. The van der Waals surface area contributed by atoms with Crippen LogP contribution in [-0.2, 0) is 4.79 Å². The van der Waals surface area contributed by atoms with E-state index in [0.29, 0.717) is 0 Å². The fraction of sp³-hybridized carbons (Fsp3) is 0.909. The summed E-state index contributed by atoms with van der Waals surface area (Å²) in [6.45, 7) is 9.39. The van der Waals surface area contributed by atoms with Gasteiger partial charge >= 0.3 is 5.97 Å². The number of aliphatic carboxylic acids is 1. The first-order chi connectivity index (χ1) is 6.35. The topological polar surface area (TPSA) is 49.3 Å². The van der Waals surface area contributed by atoms with Gasteiger partial charge < -0.3 is 10.4 Å². The molecule has 0 aliphatic heterocycles. The summed E-state index contributed by atoms with van der Waals surface area (Å²) in [6, 6.07) is 0.104. The van der Waals surface area contributed by atoms with Crippen molar-refractivity contribution in [1.29, 1.82) is 0 Å². The number of rotatable bonds is 6. The van der Waals surface area contributed by atoms with Crippen LogP contribution in [0.5, 0.6) is 0 Å². The average Bonchev–Trinajstić information content (AvgIpc) is 1.96. The van der Waals surface area contributed by atoms with Gasteiger partial charge in [-0.25, -0.2) is 0 Å². The van der Waals surface area contributed by atoms with Gasteiger partial charge in [0.2, 0.25) is 0 Å². The maximum Gasteiger partial charge on any atom is 0.304 e. The molecule has 0 saturated heterocycles. The molecule has 3 heteroatoms. The molecule has 0 fully saturated rings. The third-order valence-corrected chi connectivity index (χ3v) is 1.96. The number of hydrogen-bond donors (Lipinski definition) is 2. The summed E-state index contributed by atoms with van der Waals surface area (Å²) in [4.78, 5) is 10.6. The molecule has 0 aromatic rings. The van der Waals surface area contributed by atoms with Crippen LogP contribution in [-0.4, -0.2) is 23.7 Å². The minimum absolute atomic E-state index is 0.104. The lowest BCUT2D eigenvalue weighted by molar-refractivity contribution is -0.137. The molecule has 0 aliphatic rings. The van der Waals surface area contributed by atoms with E-state index in [2.05, 4.69) is 33.0 Å². The molecule has 0 radical (unpaired) electrons. The fourth-order valence-electron chi connectivity index (χ4n) is 1.51. The maximum absolute atomic E-state index is 10.6. The monoisotopic (exact) mass is 201 g/mol. The standard InChI is InChI=1S/C11H23NO2/c1-5-6-12-9(7-10(13)14)8-11(2,3)4/h9,12H,5-8H2,1-4H3,(H,13,14). The third kappa shape index (κ3) is 8.05. The van der Waals surface area contributed by atoms with E-state index in [9.17, 15) is 4.79 Å². The van der Waals surface area contributed by atoms with Crippen LogP contribution >= 0.6 is 0 Å². The lowest BCUT2D eigenvalue weighted by atomic mass is 9.87. The summed E-state index contributed by atoms with van der Waals surface area (Å²) in [5.74, 6) is -0.720. The molecular formula is C11H23NO2. The van der Waals surface area contributed by atoms with Crippen molar-refractivity contribution in [2.45, 2.75) is 53.0 Å². The summed E-state index contributed by atoms with van der Waals surface area (Å²) in [6.07, 6.45) is 2.16. The van der Waals surface area contributed by atoms with E-state index in [1.807, 2.05) is 0 Å². The van der Waals surface area contributed by atoms with Crippen molar-refractivity contribution in [3.8, 4) is 0 Å². The van der Waals surface area contributed by atoms with Gasteiger partial charge in [-0.2, -0.15) is 0 Å². The Morgan fingerprint density at radius 1 is 1.43 bits per heavy atom. The summed E-state index contributed by atoms with van der Waals surface area (Å²) in [5, 5.41) is 12.0. The van der Waals surface area contributed by atoms with Crippen molar-refractivity contribution < 1.29 is 9.90 Å². The van der Waals surface area contributed by atoms with E-state index in [0.717, 1.165) is 19.4 Å². The van der Waals surface area contributed by atoms with E-state index in [1.165, 1.54) is 0 Å². The highest BCUT2D eigenvalue weighted by atomic mass is 16.4. The number of hydrogen-bond acceptors (Lipinski definition) is 2. The first kappa shape index (κ1) is 13.4. The van der Waals surface area contributed by atoms with Crippen molar-refractivity contribution in [1.82, 2.24) is 5.32 Å². The summed E-state index contributed by atoms with van der Waals surface area (Å²) < 4.78 is 0. The Hall–Kier alpha value is -0.570. The van der Waals surface area contributed by atoms with Crippen molar-refractivity contribution in [2.75, 3.05) is 6.54 Å². The van der Waals surface area contributed by atoms with Crippen molar-refractivity contribution >= 4 is 5.97 Å². The van der Waals surface area contributed by atoms with Crippen LogP contribution < -0.4 is 5.32 Å². The minimum Gasteiger partial charge on any atom is -0.481 e. The van der Waals surface area contributed by atoms with Gasteiger partial charge in [0.05, 0.1) is 6.42 Å². The summed E-state index contributed by atoms with van der Waals surface area (Å²) in [7, 11) is 0. The van der Waals surface area contributed by atoms with Crippen LogP contribution in [0, 0.1) is 5.41 Å². The SMILES string of the molecule is CCCNC(CC(=O)O)CC(C)(C)C. The van der Waals surface area contributed by atoms with E-state index < -0.39 is 5.97 Å². The molecule has 1 atom stereocenters. The van der Waals surface area contributed by atoms with Crippen molar-refractivity contribution in [2.24, 2.45) is 5.41 Å². The Morgan fingerprint density at radius 2 is 2.00 bits per heavy atom. The van der Waals surface area contributed by atoms with Gasteiger partial charge in [-0.1, -0.05) is 27.7 Å². The van der Waals surface area contributed by atoms with Crippen LogP contribution in [0.3, 0.4) is 0 Å². The van der Waals surface area contributed by atoms with E-state index >= 15 is 0 Å². The van der Waals surface area contributed by atoms with E-state index in [4.69, 9.17) is 5.11 Å². The third-order valence-electron chi connectivity index (χ3n) is 1.96. The van der Waals surface area contributed by atoms with E-state index in [1.54, 1.807) is 0 Å². The molecule has 0 bridgehead atoms. The van der Waals surface area contributed by atoms with Crippen LogP contribution in [0.15, 0.2) is 0 Å². The highest BCUT2D eigenvalue weighted by molar-refractivity contribution is 5.67. The molecular weight excluding hydrogens is 178 g/mol.